The topological polar surface area (TPSA) is 58.6 Å². The lowest BCUT2D eigenvalue weighted by Crippen LogP contribution is -2.33. The van der Waals surface area contributed by atoms with Crippen LogP contribution in [0.3, 0.4) is 0 Å². The second-order valence-electron chi connectivity index (χ2n) is 4.22. The minimum atomic E-state index is -0.927. The van der Waals surface area contributed by atoms with Crippen LogP contribution in [0.2, 0.25) is 5.02 Å². The minimum absolute atomic E-state index is 0.0662. The van der Waals surface area contributed by atoms with Crippen LogP contribution in [0.5, 0.6) is 5.75 Å². The van der Waals surface area contributed by atoms with Crippen LogP contribution in [0, 0.1) is 0 Å². The number of hydrogen-bond donors (Lipinski definition) is 2. The Hall–Kier alpha value is -1.26. The van der Waals surface area contributed by atoms with Crippen LogP contribution in [0.4, 0.5) is 0 Å². The van der Waals surface area contributed by atoms with Gasteiger partial charge >= 0.3 is 5.97 Å². The van der Waals surface area contributed by atoms with E-state index in [1.54, 1.807) is 18.2 Å². The first-order valence-electron chi connectivity index (χ1n) is 5.86. The maximum absolute atomic E-state index is 11.2. The highest BCUT2D eigenvalue weighted by Crippen LogP contribution is 2.28. The normalized spacial score (nSPS) is 12.5. The van der Waals surface area contributed by atoms with Gasteiger partial charge in [-0.2, -0.15) is 0 Å². The molecule has 0 saturated heterocycles. The number of benzene rings is 1. The van der Waals surface area contributed by atoms with Crippen LogP contribution in [0.1, 0.15) is 32.4 Å². The molecule has 1 atom stereocenters. The number of nitrogens with one attached hydrogen (secondary N) is 1. The monoisotopic (exact) mass is 271 g/mol. The average molecular weight is 272 g/mol. The third-order valence-corrected chi connectivity index (χ3v) is 2.63. The summed E-state index contributed by atoms with van der Waals surface area (Å²) in [5.41, 5.74) is 0.615. The first-order valence-corrected chi connectivity index (χ1v) is 6.24. The molecule has 5 heteroatoms. The highest BCUT2D eigenvalue weighted by atomic mass is 35.5. The molecule has 0 fully saturated rings. The maximum atomic E-state index is 11.2. The zero-order valence-electron chi connectivity index (χ0n) is 10.7. The van der Waals surface area contributed by atoms with Gasteiger partial charge < -0.3 is 9.84 Å². The summed E-state index contributed by atoms with van der Waals surface area (Å²) in [6.45, 7) is 6.18. The molecule has 0 bridgehead atoms. The molecule has 0 saturated carbocycles. The fourth-order valence-corrected chi connectivity index (χ4v) is 1.86. The molecule has 4 nitrogen and oxygen atoms in total. The molecule has 1 aromatic rings. The Balaban J connectivity index is 2.99. The number of hydrogen-bond acceptors (Lipinski definition) is 3. The van der Waals surface area contributed by atoms with Crippen molar-refractivity contribution >= 4 is 17.6 Å². The van der Waals surface area contributed by atoms with Crippen molar-refractivity contribution in [3.63, 3.8) is 0 Å². The molecular formula is C13H18ClNO3. The minimum Gasteiger partial charge on any atom is -0.492 e. The molecule has 0 aliphatic rings. The van der Waals surface area contributed by atoms with Gasteiger partial charge in [-0.1, -0.05) is 17.7 Å². The zero-order chi connectivity index (χ0) is 13.7. The number of ether oxygens (including phenoxy) is 1. The van der Waals surface area contributed by atoms with Crippen LogP contribution in [-0.2, 0) is 4.79 Å². The van der Waals surface area contributed by atoms with Gasteiger partial charge in [0, 0.05) is 6.04 Å². The van der Waals surface area contributed by atoms with Gasteiger partial charge in [-0.3, -0.25) is 10.1 Å². The molecule has 0 aromatic heterocycles. The van der Waals surface area contributed by atoms with Gasteiger partial charge in [-0.05, 0) is 38.5 Å². The Morgan fingerprint density at radius 2 is 2.17 bits per heavy atom. The SMILES string of the molecule is CCOc1ccc(C(NC(C)C)C(=O)O)cc1Cl. The van der Waals surface area contributed by atoms with Crippen LogP contribution in [-0.4, -0.2) is 23.7 Å². The number of aliphatic carboxylic acids is 1. The summed E-state index contributed by atoms with van der Waals surface area (Å²) in [7, 11) is 0. The largest absolute Gasteiger partial charge is 0.492 e. The van der Waals surface area contributed by atoms with Gasteiger partial charge in [0.25, 0.3) is 0 Å². The quantitative estimate of drug-likeness (QED) is 0.835. The Kier molecular flexibility index (Phi) is 5.44. The molecule has 0 amide bonds. The summed E-state index contributed by atoms with van der Waals surface area (Å²) in [6, 6.07) is 4.33. The Morgan fingerprint density at radius 3 is 2.61 bits per heavy atom. The number of rotatable bonds is 6. The highest BCUT2D eigenvalue weighted by molar-refractivity contribution is 6.32. The summed E-state index contributed by atoms with van der Waals surface area (Å²) < 4.78 is 5.31. The summed E-state index contributed by atoms with van der Waals surface area (Å²) in [5, 5.41) is 12.6. The van der Waals surface area contributed by atoms with Crippen molar-refractivity contribution in [2.24, 2.45) is 0 Å². The molecule has 0 heterocycles. The van der Waals surface area contributed by atoms with Crippen molar-refractivity contribution in [3.8, 4) is 5.75 Å². The van der Waals surface area contributed by atoms with E-state index in [-0.39, 0.29) is 6.04 Å². The zero-order valence-corrected chi connectivity index (χ0v) is 11.5. The van der Waals surface area contributed by atoms with Crippen molar-refractivity contribution in [3.05, 3.63) is 28.8 Å². The smallest absolute Gasteiger partial charge is 0.325 e. The van der Waals surface area contributed by atoms with Gasteiger partial charge in [0.1, 0.15) is 11.8 Å². The summed E-state index contributed by atoms with van der Waals surface area (Å²) >= 11 is 6.05. The molecule has 0 radical (unpaired) electrons. The number of carboxylic acid groups (broad SMARTS) is 1. The van der Waals surface area contributed by atoms with E-state index in [0.717, 1.165) is 0 Å². The van der Waals surface area contributed by atoms with Crippen molar-refractivity contribution < 1.29 is 14.6 Å². The van der Waals surface area contributed by atoms with E-state index in [0.29, 0.717) is 22.9 Å². The molecule has 100 valence electrons. The highest BCUT2D eigenvalue weighted by Gasteiger charge is 2.21. The predicted molar refractivity (Wildman–Crippen MR) is 71.3 cm³/mol. The summed E-state index contributed by atoms with van der Waals surface area (Å²) in [5.74, 6) is -0.361. The van der Waals surface area contributed by atoms with Gasteiger partial charge in [0.2, 0.25) is 0 Å². The van der Waals surface area contributed by atoms with Crippen LogP contribution in [0.15, 0.2) is 18.2 Å². The van der Waals surface area contributed by atoms with E-state index in [2.05, 4.69) is 5.32 Å². The van der Waals surface area contributed by atoms with Crippen molar-refractivity contribution in [2.75, 3.05) is 6.61 Å². The first kappa shape index (κ1) is 14.8. The molecule has 0 aliphatic carbocycles. The fourth-order valence-electron chi connectivity index (χ4n) is 1.61. The van der Waals surface area contributed by atoms with Gasteiger partial charge in [-0.25, -0.2) is 0 Å². The van der Waals surface area contributed by atoms with Crippen LogP contribution >= 0.6 is 11.6 Å². The number of carbonyl (C=O) groups is 1. The molecule has 18 heavy (non-hydrogen) atoms. The van der Waals surface area contributed by atoms with E-state index in [4.69, 9.17) is 16.3 Å². The third-order valence-electron chi connectivity index (χ3n) is 2.34. The Bertz CT molecular complexity index is 421. The van der Waals surface area contributed by atoms with Crippen molar-refractivity contribution in [2.45, 2.75) is 32.9 Å². The van der Waals surface area contributed by atoms with E-state index >= 15 is 0 Å². The van der Waals surface area contributed by atoms with Gasteiger partial charge in [-0.15, -0.1) is 0 Å². The molecular weight excluding hydrogens is 254 g/mol. The van der Waals surface area contributed by atoms with E-state index in [1.807, 2.05) is 20.8 Å². The maximum Gasteiger partial charge on any atom is 0.325 e. The molecule has 1 aromatic carbocycles. The van der Waals surface area contributed by atoms with E-state index in [1.165, 1.54) is 0 Å². The van der Waals surface area contributed by atoms with Crippen molar-refractivity contribution in [1.29, 1.82) is 0 Å². The molecule has 0 spiro atoms. The molecule has 1 unspecified atom stereocenters. The van der Waals surface area contributed by atoms with Crippen LogP contribution < -0.4 is 10.1 Å². The summed E-state index contributed by atoms with van der Waals surface area (Å²) in [6.07, 6.45) is 0. The standard InChI is InChI=1S/C13H18ClNO3/c1-4-18-11-6-5-9(7-10(11)14)12(13(16)17)15-8(2)3/h5-8,12,15H,4H2,1-3H3,(H,16,17). The lowest BCUT2D eigenvalue weighted by molar-refractivity contribution is -0.139. The second-order valence-corrected chi connectivity index (χ2v) is 4.62. The van der Waals surface area contributed by atoms with Gasteiger partial charge in [0.15, 0.2) is 0 Å². The van der Waals surface area contributed by atoms with Crippen molar-refractivity contribution in [1.82, 2.24) is 5.32 Å². The Labute approximate surface area is 112 Å². The lowest BCUT2D eigenvalue weighted by Gasteiger charge is -2.18. The van der Waals surface area contributed by atoms with E-state index < -0.39 is 12.0 Å². The van der Waals surface area contributed by atoms with Crippen LogP contribution in [0.25, 0.3) is 0 Å². The second kappa shape index (κ2) is 6.61. The molecule has 1 rings (SSSR count). The number of carboxylic acids is 1. The summed E-state index contributed by atoms with van der Waals surface area (Å²) in [4.78, 5) is 11.2. The molecule has 2 N–H and O–H groups in total. The predicted octanol–water partition coefficient (Wildman–Crippen LogP) is 2.86. The molecule has 0 aliphatic heterocycles. The number of halogens is 1. The van der Waals surface area contributed by atoms with E-state index in [9.17, 15) is 9.90 Å². The van der Waals surface area contributed by atoms with Gasteiger partial charge in [0.05, 0.1) is 11.6 Å². The Morgan fingerprint density at radius 1 is 1.50 bits per heavy atom. The third kappa shape index (κ3) is 3.89. The first-order chi connectivity index (χ1) is 8.45. The lowest BCUT2D eigenvalue weighted by atomic mass is 10.1. The fraction of sp³-hybridized carbons (Fsp3) is 0.462. The average Bonchev–Trinajstić information content (AvgIpc) is 2.28.